The van der Waals surface area contributed by atoms with Gasteiger partial charge in [0.2, 0.25) is 0 Å². The lowest BCUT2D eigenvalue weighted by Crippen LogP contribution is -2.58. The fourth-order valence-corrected chi connectivity index (χ4v) is 2.92. The van der Waals surface area contributed by atoms with Crippen molar-refractivity contribution < 1.29 is 4.74 Å². The predicted octanol–water partition coefficient (Wildman–Crippen LogP) is 4.75. The van der Waals surface area contributed by atoms with Crippen LogP contribution < -0.4 is 5.32 Å². The Morgan fingerprint density at radius 3 is 2.85 bits per heavy atom. The third-order valence-electron chi connectivity index (χ3n) is 3.94. The van der Waals surface area contributed by atoms with Crippen LogP contribution in [0.1, 0.15) is 34.1 Å². The molecule has 1 aromatic rings. The van der Waals surface area contributed by atoms with Gasteiger partial charge in [0, 0.05) is 28.7 Å². The molecule has 0 spiro atoms. The van der Waals surface area contributed by atoms with Gasteiger partial charge in [-0.2, -0.15) is 0 Å². The van der Waals surface area contributed by atoms with Gasteiger partial charge in [0.15, 0.2) is 5.15 Å². The fraction of sp³-hybridized carbons (Fsp3) is 0.667. The first kappa shape index (κ1) is 16.1. The Balaban J connectivity index is 1.97. The van der Waals surface area contributed by atoms with Crippen LogP contribution in [0.2, 0.25) is 5.15 Å². The molecule has 1 N–H and O–H groups in total. The summed E-state index contributed by atoms with van der Waals surface area (Å²) in [6.45, 7) is 9.64. The highest BCUT2D eigenvalue weighted by molar-refractivity contribution is 9.10. The van der Waals surface area contributed by atoms with E-state index in [1.165, 1.54) is 0 Å². The van der Waals surface area contributed by atoms with Gasteiger partial charge in [-0.3, -0.25) is 0 Å². The summed E-state index contributed by atoms with van der Waals surface area (Å²) in [5.74, 6) is 0.571. The lowest BCUT2D eigenvalue weighted by Gasteiger charge is -2.52. The molecule has 2 unspecified atom stereocenters. The minimum Gasteiger partial charge on any atom is -0.379 e. The molecular weight excluding hydrogens is 340 g/mol. The standard InChI is InChI=1S/C15H22BrClN2O/c1-9(2)8-20-13-6-12(15(13,3)4)19-11-5-10(16)7-18-14(11)17/h5,7,9,12-13,19H,6,8H2,1-4H3. The first-order valence-electron chi connectivity index (χ1n) is 7.00. The van der Waals surface area contributed by atoms with Crippen LogP contribution in [-0.4, -0.2) is 23.7 Å². The second-order valence-electron chi connectivity index (χ2n) is 6.46. The molecule has 0 saturated heterocycles. The van der Waals surface area contributed by atoms with Crippen LogP contribution >= 0.6 is 27.5 Å². The SMILES string of the molecule is CC(C)COC1CC(Nc2cc(Br)cnc2Cl)C1(C)C. The molecule has 1 aliphatic rings. The molecule has 0 radical (unpaired) electrons. The van der Waals surface area contributed by atoms with Crippen LogP contribution in [0.4, 0.5) is 5.69 Å². The molecule has 3 nitrogen and oxygen atoms in total. The largest absolute Gasteiger partial charge is 0.379 e. The maximum absolute atomic E-state index is 6.13. The second kappa shape index (κ2) is 6.20. The molecule has 2 atom stereocenters. The molecule has 0 bridgehead atoms. The fourth-order valence-electron chi connectivity index (χ4n) is 2.43. The van der Waals surface area contributed by atoms with E-state index in [9.17, 15) is 0 Å². The van der Waals surface area contributed by atoms with E-state index in [1.807, 2.05) is 6.07 Å². The van der Waals surface area contributed by atoms with Gasteiger partial charge in [0.25, 0.3) is 0 Å². The molecule has 0 amide bonds. The Bertz CT molecular complexity index is 479. The summed E-state index contributed by atoms with van der Waals surface area (Å²) in [6, 6.07) is 2.32. The van der Waals surface area contributed by atoms with Crippen molar-refractivity contribution in [1.82, 2.24) is 4.98 Å². The zero-order valence-electron chi connectivity index (χ0n) is 12.4. The number of aromatic nitrogens is 1. The summed E-state index contributed by atoms with van der Waals surface area (Å²) < 4.78 is 6.90. The monoisotopic (exact) mass is 360 g/mol. The van der Waals surface area contributed by atoms with Crippen molar-refractivity contribution in [2.45, 2.75) is 46.3 Å². The van der Waals surface area contributed by atoms with E-state index in [0.29, 0.717) is 23.2 Å². The summed E-state index contributed by atoms with van der Waals surface area (Å²) in [5.41, 5.74) is 0.974. The lowest BCUT2D eigenvalue weighted by atomic mass is 9.64. The number of anilines is 1. The lowest BCUT2D eigenvalue weighted by molar-refractivity contribution is -0.108. The van der Waals surface area contributed by atoms with Crippen molar-refractivity contribution in [3.8, 4) is 0 Å². The molecular formula is C15H22BrClN2O. The van der Waals surface area contributed by atoms with Crippen LogP contribution in [0.15, 0.2) is 16.7 Å². The Labute approximate surface area is 134 Å². The van der Waals surface area contributed by atoms with E-state index in [2.05, 4.69) is 53.9 Å². The Kier molecular flexibility index (Phi) is 4.98. The number of nitrogens with zero attached hydrogens (tertiary/aromatic N) is 1. The number of hydrogen-bond donors (Lipinski definition) is 1. The topological polar surface area (TPSA) is 34.1 Å². The number of ether oxygens (including phenoxy) is 1. The summed E-state index contributed by atoms with van der Waals surface area (Å²) >= 11 is 9.55. The zero-order chi connectivity index (χ0) is 14.9. The highest BCUT2D eigenvalue weighted by Gasteiger charge is 2.49. The number of halogens is 2. The highest BCUT2D eigenvalue weighted by Crippen LogP contribution is 2.45. The van der Waals surface area contributed by atoms with Crippen molar-refractivity contribution in [2.24, 2.45) is 11.3 Å². The molecule has 1 aliphatic carbocycles. The maximum atomic E-state index is 6.13. The van der Waals surface area contributed by atoms with E-state index < -0.39 is 0 Å². The molecule has 20 heavy (non-hydrogen) atoms. The summed E-state index contributed by atoms with van der Waals surface area (Å²) in [5, 5.41) is 4.00. The molecule has 1 heterocycles. The molecule has 2 rings (SSSR count). The minimum absolute atomic E-state index is 0.0978. The van der Waals surface area contributed by atoms with E-state index in [0.717, 1.165) is 23.2 Å². The number of hydrogen-bond acceptors (Lipinski definition) is 3. The van der Waals surface area contributed by atoms with Gasteiger partial charge in [0.05, 0.1) is 11.8 Å². The average Bonchev–Trinajstić information content (AvgIpc) is 2.36. The van der Waals surface area contributed by atoms with Gasteiger partial charge >= 0.3 is 0 Å². The molecule has 1 saturated carbocycles. The minimum atomic E-state index is 0.0978. The van der Waals surface area contributed by atoms with Gasteiger partial charge in [-0.25, -0.2) is 4.98 Å². The predicted molar refractivity (Wildman–Crippen MR) is 87.3 cm³/mol. The number of nitrogens with one attached hydrogen (secondary N) is 1. The summed E-state index contributed by atoms with van der Waals surface area (Å²) in [7, 11) is 0. The molecule has 0 aliphatic heterocycles. The van der Waals surface area contributed by atoms with Crippen LogP contribution in [0.5, 0.6) is 0 Å². The Morgan fingerprint density at radius 2 is 2.25 bits per heavy atom. The normalized spacial score (nSPS) is 24.6. The average molecular weight is 362 g/mol. The van der Waals surface area contributed by atoms with E-state index in [1.54, 1.807) is 6.20 Å². The zero-order valence-corrected chi connectivity index (χ0v) is 14.8. The van der Waals surface area contributed by atoms with E-state index in [-0.39, 0.29) is 5.41 Å². The third kappa shape index (κ3) is 3.46. The smallest absolute Gasteiger partial charge is 0.152 e. The molecule has 5 heteroatoms. The maximum Gasteiger partial charge on any atom is 0.152 e. The first-order valence-corrected chi connectivity index (χ1v) is 8.17. The van der Waals surface area contributed by atoms with Crippen molar-refractivity contribution >= 4 is 33.2 Å². The first-order chi connectivity index (χ1) is 9.30. The number of rotatable bonds is 5. The van der Waals surface area contributed by atoms with Crippen molar-refractivity contribution in [2.75, 3.05) is 11.9 Å². The van der Waals surface area contributed by atoms with Crippen LogP contribution in [0.25, 0.3) is 0 Å². The Hall–Kier alpha value is -0.320. The van der Waals surface area contributed by atoms with Gasteiger partial charge < -0.3 is 10.1 Å². The molecule has 0 aromatic carbocycles. The van der Waals surface area contributed by atoms with Gasteiger partial charge in [-0.1, -0.05) is 39.3 Å². The molecule has 1 fully saturated rings. The third-order valence-corrected chi connectivity index (χ3v) is 4.68. The highest BCUT2D eigenvalue weighted by atomic mass is 79.9. The quantitative estimate of drug-likeness (QED) is 0.769. The second-order valence-corrected chi connectivity index (χ2v) is 7.74. The number of pyridine rings is 1. The van der Waals surface area contributed by atoms with E-state index >= 15 is 0 Å². The van der Waals surface area contributed by atoms with Crippen LogP contribution in [0.3, 0.4) is 0 Å². The van der Waals surface area contributed by atoms with Crippen LogP contribution in [0, 0.1) is 11.3 Å². The van der Waals surface area contributed by atoms with Crippen molar-refractivity contribution in [3.05, 3.63) is 21.9 Å². The molecule has 112 valence electrons. The summed E-state index contributed by atoms with van der Waals surface area (Å²) in [6.07, 6.45) is 3.01. The van der Waals surface area contributed by atoms with Crippen molar-refractivity contribution in [3.63, 3.8) is 0 Å². The van der Waals surface area contributed by atoms with Gasteiger partial charge in [-0.05, 0) is 34.3 Å². The van der Waals surface area contributed by atoms with Crippen LogP contribution in [-0.2, 0) is 4.74 Å². The summed E-state index contributed by atoms with van der Waals surface area (Å²) in [4.78, 5) is 4.14. The van der Waals surface area contributed by atoms with E-state index in [4.69, 9.17) is 16.3 Å². The van der Waals surface area contributed by atoms with Crippen molar-refractivity contribution in [1.29, 1.82) is 0 Å². The Morgan fingerprint density at radius 1 is 1.55 bits per heavy atom. The molecule has 1 aromatic heterocycles. The van der Waals surface area contributed by atoms with Gasteiger partial charge in [-0.15, -0.1) is 0 Å². The van der Waals surface area contributed by atoms with Gasteiger partial charge in [0.1, 0.15) is 0 Å².